The summed E-state index contributed by atoms with van der Waals surface area (Å²) in [5.41, 5.74) is 2.55. The van der Waals surface area contributed by atoms with Crippen molar-refractivity contribution in [2.24, 2.45) is 5.92 Å². The first-order valence-corrected chi connectivity index (χ1v) is 6.85. The molecule has 0 aliphatic carbocycles. The van der Waals surface area contributed by atoms with Crippen LogP contribution in [0.2, 0.25) is 0 Å². The standard InChI is InChI=1S/C13H22N2S/c1-10(2)5-6-16-13-11(3)7-12(8-14-4)9-15-13/h7,9-10,14H,5-6,8H2,1-4H3. The van der Waals surface area contributed by atoms with Crippen LogP contribution in [0.15, 0.2) is 17.3 Å². The molecule has 0 aromatic carbocycles. The predicted molar refractivity (Wildman–Crippen MR) is 71.9 cm³/mol. The minimum absolute atomic E-state index is 0.774. The molecule has 16 heavy (non-hydrogen) atoms. The summed E-state index contributed by atoms with van der Waals surface area (Å²) in [5.74, 6) is 1.94. The van der Waals surface area contributed by atoms with Gasteiger partial charge in [-0.15, -0.1) is 11.8 Å². The van der Waals surface area contributed by atoms with Gasteiger partial charge in [-0.3, -0.25) is 0 Å². The second-order valence-corrected chi connectivity index (χ2v) is 5.61. The van der Waals surface area contributed by atoms with Crippen LogP contribution in [0.3, 0.4) is 0 Å². The highest BCUT2D eigenvalue weighted by Gasteiger charge is 2.03. The van der Waals surface area contributed by atoms with Gasteiger partial charge in [0.05, 0.1) is 5.03 Å². The summed E-state index contributed by atoms with van der Waals surface area (Å²) >= 11 is 1.87. The summed E-state index contributed by atoms with van der Waals surface area (Å²) in [4.78, 5) is 4.52. The molecule has 0 aliphatic heterocycles. The number of rotatable bonds is 6. The Balaban J connectivity index is 2.54. The molecule has 0 spiro atoms. The van der Waals surface area contributed by atoms with Crippen molar-refractivity contribution in [1.29, 1.82) is 0 Å². The molecule has 0 aliphatic rings. The van der Waals surface area contributed by atoms with Crippen LogP contribution in [0.1, 0.15) is 31.4 Å². The number of pyridine rings is 1. The van der Waals surface area contributed by atoms with Crippen molar-refractivity contribution < 1.29 is 0 Å². The smallest absolute Gasteiger partial charge is 0.0989 e. The van der Waals surface area contributed by atoms with Gasteiger partial charge in [0.2, 0.25) is 0 Å². The number of aromatic nitrogens is 1. The quantitative estimate of drug-likeness (QED) is 0.770. The number of aryl methyl sites for hydroxylation is 1. The van der Waals surface area contributed by atoms with E-state index >= 15 is 0 Å². The molecule has 1 rings (SSSR count). The minimum atomic E-state index is 0.774. The number of thioether (sulfide) groups is 1. The molecule has 0 bridgehead atoms. The first kappa shape index (κ1) is 13.5. The van der Waals surface area contributed by atoms with Gasteiger partial charge in [0, 0.05) is 12.7 Å². The summed E-state index contributed by atoms with van der Waals surface area (Å²) < 4.78 is 0. The molecule has 1 aromatic rings. The van der Waals surface area contributed by atoms with Crippen molar-refractivity contribution >= 4 is 11.8 Å². The van der Waals surface area contributed by atoms with E-state index in [2.05, 4.69) is 37.1 Å². The lowest BCUT2D eigenvalue weighted by Crippen LogP contribution is -2.06. The van der Waals surface area contributed by atoms with Crippen LogP contribution in [0, 0.1) is 12.8 Å². The fourth-order valence-electron chi connectivity index (χ4n) is 1.46. The van der Waals surface area contributed by atoms with Crippen LogP contribution in [0.4, 0.5) is 0 Å². The molecule has 1 N–H and O–H groups in total. The number of hydrogen-bond acceptors (Lipinski definition) is 3. The van der Waals surface area contributed by atoms with Crippen molar-refractivity contribution in [2.45, 2.75) is 38.8 Å². The van der Waals surface area contributed by atoms with Crippen LogP contribution in [-0.2, 0) is 6.54 Å². The number of hydrogen-bond donors (Lipinski definition) is 1. The van der Waals surface area contributed by atoms with Gasteiger partial charge in [-0.05, 0) is 43.2 Å². The van der Waals surface area contributed by atoms with E-state index in [0.29, 0.717) is 0 Å². The second kappa shape index (κ2) is 6.92. The van der Waals surface area contributed by atoms with Gasteiger partial charge >= 0.3 is 0 Å². The summed E-state index contributed by atoms with van der Waals surface area (Å²) in [6.45, 7) is 7.56. The zero-order chi connectivity index (χ0) is 12.0. The van der Waals surface area contributed by atoms with Crippen LogP contribution >= 0.6 is 11.8 Å². The Morgan fingerprint density at radius 3 is 2.75 bits per heavy atom. The SMILES string of the molecule is CNCc1cnc(SCCC(C)C)c(C)c1. The van der Waals surface area contributed by atoms with E-state index in [1.54, 1.807) is 0 Å². The molecule has 3 heteroatoms. The zero-order valence-electron chi connectivity index (χ0n) is 10.7. The van der Waals surface area contributed by atoms with Gasteiger partial charge in [0.15, 0.2) is 0 Å². The summed E-state index contributed by atoms with van der Waals surface area (Å²) in [7, 11) is 1.96. The lowest BCUT2D eigenvalue weighted by atomic mass is 10.2. The van der Waals surface area contributed by atoms with Crippen molar-refractivity contribution in [3.05, 3.63) is 23.4 Å². The zero-order valence-corrected chi connectivity index (χ0v) is 11.5. The van der Waals surface area contributed by atoms with Gasteiger partial charge in [-0.25, -0.2) is 4.98 Å². The van der Waals surface area contributed by atoms with E-state index in [0.717, 1.165) is 18.2 Å². The fourth-order valence-corrected chi connectivity index (χ4v) is 2.66. The molecular weight excluding hydrogens is 216 g/mol. The third-order valence-corrected chi connectivity index (χ3v) is 3.54. The van der Waals surface area contributed by atoms with Crippen molar-refractivity contribution in [2.75, 3.05) is 12.8 Å². The molecule has 0 radical (unpaired) electrons. The van der Waals surface area contributed by atoms with E-state index in [9.17, 15) is 0 Å². The maximum Gasteiger partial charge on any atom is 0.0989 e. The predicted octanol–water partition coefficient (Wildman–Crippen LogP) is 3.25. The first-order chi connectivity index (χ1) is 7.63. The van der Waals surface area contributed by atoms with Gasteiger partial charge in [0.25, 0.3) is 0 Å². The average molecular weight is 238 g/mol. The van der Waals surface area contributed by atoms with Gasteiger partial charge in [0.1, 0.15) is 0 Å². The van der Waals surface area contributed by atoms with E-state index in [-0.39, 0.29) is 0 Å². The topological polar surface area (TPSA) is 24.9 Å². The summed E-state index contributed by atoms with van der Waals surface area (Å²) in [6.07, 6.45) is 3.23. The third-order valence-electron chi connectivity index (χ3n) is 2.40. The largest absolute Gasteiger partial charge is 0.316 e. The maximum absolute atomic E-state index is 4.52. The van der Waals surface area contributed by atoms with Crippen molar-refractivity contribution in [1.82, 2.24) is 10.3 Å². The molecule has 90 valence electrons. The molecule has 0 amide bonds. The van der Waals surface area contributed by atoms with Crippen molar-refractivity contribution in [3.63, 3.8) is 0 Å². The van der Waals surface area contributed by atoms with Crippen molar-refractivity contribution in [3.8, 4) is 0 Å². The highest BCUT2D eigenvalue weighted by atomic mass is 32.2. The van der Waals surface area contributed by atoms with Crippen LogP contribution in [0.5, 0.6) is 0 Å². The molecule has 0 unspecified atom stereocenters. The highest BCUT2D eigenvalue weighted by molar-refractivity contribution is 7.99. The molecule has 1 aromatic heterocycles. The molecule has 0 atom stereocenters. The van der Waals surface area contributed by atoms with Gasteiger partial charge in [-0.1, -0.05) is 19.9 Å². The van der Waals surface area contributed by atoms with Crippen LogP contribution < -0.4 is 5.32 Å². The average Bonchev–Trinajstić information content (AvgIpc) is 2.21. The van der Waals surface area contributed by atoms with E-state index in [1.165, 1.54) is 22.6 Å². The molecule has 1 heterocycles. The Bertz CT molecular complexity index is 324. The Hall–Kier alpha value is -0.540. The first-order valence-electron chi connectivity index (χ1n) is 5.86. The Morgan fingerprint density at radius 1 is 1.44 bits per heavy atom. The van der Waals surface area contributed by atoms with Gasteiger partial charge < -0.3 is 5.32 Å². The monoisotopic (exact) mass is 238 g/mol. The third kappa shape index (κ3) is 4.54. The molecular formula is C13H22N2S. The Kier molecular flexibility index (Phi) is 5.85. The van der Waals surface area contributed by atoms with E-state index < -0.39 is 0 Å². The Morgan fingerprint density at radius 2 is 2.19 bits per heavy atom. The van der Waals surface area contributed by atoms with E-state index in [4.69, 9.17) is 0 Å². The lowest BCUT2D eigenvalue weighted by molar-refractivity contribution is 0.632. The second-order valence-electron chi connectivity index (χ2n) is 4.53. The van der Waals surface area contributed by atoms with Crippen LogP contribution in [0.25, 0.3) is 0 Å². The van der Waals surface area contributed by atoms with Crippen LogP contribution in [-0.4, -0.2) is 17.8 Å². The number of nitrogens with zero attached hydrogens (tertiary/aromatic N) is 1. The minimum Gasteiger partial charge on any atom is -0.316 e. The van der Waals surface area contributed by atoms with E-state index in [1.807, 2.05) is 25.0 Å². The summed E-state index contributed by atoms with van der Waals surface area (Å²) in [5, 5.41) is 4.32. The van der Waals surface area contributed by atoms with Gasteiger partial charge in [-0.2, -0.15) is 0 Å². The summed E-state index contributed by atoms with van der Waals surface area (Å²) in [6, 6.07) is 2.22. The molecule has 0 saturated carbocycles. The normalized spacial score (nSPS) is 11.1. The molecule has 0 fully saturated rings. The number of nitrogens with one attached hydrogen (secondary N) is 1. The highest BCUT2D eigenvalue weighted by Crippen LogP contribution is 2.22. The molecule has 0 saturated heterocycles. The lowest BCUT2D eigenvalue weighted by Gasteiger charge is -2.08. The Labute approximate surface area is 103 Å². The fraction of sp³-hybridized carbons (Fsp3) is 0.615. The maximum atomic E-state index is 4.52. The molecule has 2 nitrogen and oxygen atoms in total.